The van der Waals surface area contributed by atoms with Crippen LogP contribution in [0.1, 0.15) is 31.2 Å². The van der Waals surface area contributed by atoms with E-state index in [2.05, 4.69) is 15.4 Å². The highest BCUT2D eigenvalue weighted by Crippen LogP contribution is 2.26. The zero-order valence-corrected chi connectivity index (χ0v) is 12.5. The SMILES string of the molecule is N[C@@H]1CCC[C@H]1CC(=O)NCc1ccc(-n2cncn2)cc1. The summed E-state index contributed by atoms with van der Waals surface area (Å²) in [5.74, 6) is 0.428. The van der Waals surface area contributed by atoms with Gasteiger partial charge in [0.05, 0.1) is 5.69 Å². The molecule has 3 rings (SSSR count). The van der Waals surface area contributed by atoms with Gasteiger partial charge in [0.2, 0.25) is 5.91 Å². The molecule has 3 N–H and O–H groups in total. The summed E-state index contributed by atoms with van der Waals surface area (Å²) in [6.07, 6.45) is 6.95. The third-order valence-corrected chi connectivity index (χ3v) is 4.27. The number of rotatable bonds is 5. The maximum absolute atomic E-state index is 12.0. The normalized spacial score (nSPS) is 21.0. The predicted molar refractivity (Wildman–Crippen MR) is 83.1 cm³/mol. The summed E-state index contributed by atoms with van der Waals surface area (Å²) in [5.41, 5.74) is 8.02. The molecule has 2 atom stereocenters. The molecule has 0 radical (unpaired) electrons. The average molecular weight is 299 g/mol. The lowest BCUT2D eigenvalue weighted by molar-refractivity contribution is -0.122. The van der Waals surface area contributed by atoms with Crippen molar-refractivity contribution in [3.63, 3.8) is 0 Å². The van der Waals surface area contributed by atoms with Crippen LogP contribution in [0.5, 0.6) is 0 Å². The van der Waals surface area contributed by atoms with Crippen LogP contribution >= 0.6 is 0 Å². The van der Waals surface area contributed by atoms with Gasteiger partial charge in [0, 0.05) is 19.0 Å². The number of hydrogen-bond acceptors (Lipinski definition) is 4. The van der Waals surface area contributed by atoms with E-state index in [9.17, 15) is 4.79 Å². The monoisotopic (exact) mass is 299 g/mol. The van der Waals surface area contributed by atoms with Crippen molar-refractivity contribution in [3.05, 3.63) is 42.5 Å². The fourth-order valence-electron chi connectivity index (χ4n) is 2.94. The molecule has 1 aliphatic carbocycles. The molecule has 1 saturated carbocycles. The summed E-state index contributed by atoms with van der Waals surface area (Å²) in [7, 11) is 0. The number of nitrogens with zero attached hydrogens (tertiary/aromatic N) is 3. The Bertz CT molecular complexity index is 608. The van der Waals surface area contributed by atoms with Gasteiger partial charge in [-0.3, -0.25) is 4.79 Å². The van der Waals surface area contributed by atoms with Crippen LogP contribution in [0.15, 0.2) is 36.9 Å². The van der Waals surface area contributed by atoms with E-state index in [1.807, 2.05) is 24.3 Å². The number of benzene rings is 1. The molecular formula is C16H21N5O. The Morgan fingerprint density at radius 1 is 1.32 bits per heavy atom. The van der Waals surface area contributed by atoms with Crippen molar-refractivity contribution in [3.8, 4) is 5.69 Å². The Labute approximate surface area is 129 Å². The van der Waals surface area contributed by atoms with Gasteiger partial charge < -0.3 is 11.1 Å². The summed E-state index contributed by atoms with van der Waals surface area (Å²) in [5, 5.41) is 7.05. The summed E-state index contributed by atoms with van der Waals surface area (Å²) in [4.78, 5) is 15.9. The molecule has 0 saturated heterocycles. The van der Waals surface area contributed by atoms with E-state index in [4.69, 9.17) is 5.73 Å². The van der Waals surface area contributed by atoms with Gasteiger partial charge in [-0.15, -0.1) is 0 Å². The van der Waals surface area contributed by atoms with E-state index >= 15 is 0 Å². The zero-order chi connectivity index (χ0) is 15.4. The Kier molecular flexibility index (Phi) is 4.48. The van der Waals surface area contributed by atoms with Crippen LogP contribution in [0.3, 0.4) is 0 Å². The second-order valence-corrected chi connectivity index (χ2v) is 5.84. The minimum Gasteiger partial charge on any atom is -0.352 e. The molecule has 22 heavy (non-hydrogen) atoms. The first-order chi connectivity index (χ1) is 10.7. The van der Waals surface area contributed by atoms with Gasteiger partial charge in [-0.2, -0.15) is 5.10 Å². The molecule has 0 spiro atoms. The van der Waals surface area contributed by atoms with Crippen molar-refractivity contribution in [1.29, 1.82) is 0 Å². The third kappa shape index (κ3) is 3.51. The molecule has 0 aliphatic heterocycles. The van der Waals surface area contributed by atoms with Crippen LogP contribution in [0.25, 0.3) is 5.69 Å². The van der Waals surface area contributed by atoms with Crippen LogP contribution in [0.4, 0.5) is 0 Å². The highest BCUT2D eigenvalue weighted by atomic mass is 16.1. The van der Waals surface area contributed by atoms with E-state index in [1.54, 1.807) is 11.0 Å². The second kappa shape index (κ2) is 6.70. The fraction of sp³-hybridized carbons (Fsp3) is 0.438. The topological polar surface area (TPSA) is 85.8 Å². The second-order valence-electron chi connectivity index (χ2n) is 5.84. The zero-order valence-electron chi connectivity index (χ0n) is 12.5. The number of hydrogen-bond donors (Lipinski definition) is 2. The molecule has 1 aliphatic rings. The van der Waals surface area contributed by atoms with Gasteiger partial charge in [0.25, 0.3) is 0 Å². The van der Waals surface area contributed by atoms with Crippen molar-refractivity contribution >= 4 is 5.91 Å². The van der Waals surface area contributed by atoms with Crippen LogP contribution in [-0.2, 0) is 11.3 Å². The Morgan fingerprint density at radius 3 is 2.77 bits per heavy atom. The van der Waals surface area contributed by atoms with Crippen molar-refractivity contribution < 1.29 is 4.79 Å². The lowest BCUT2D eigenvalue weighted by atomic mass is 10.00. The van der Waals surface area contributed by atoms with E-state index in [0.717, 1.165) is 30.5 Å². The van der Waals surface area contributed by atoms with Crippen LogP contribution in [-0.4, -0.2) is 26.7 Å². The molecule has 2 aromatic rings. The molecular weight excluding hydrogens is 278 g/mol. The predicted octanol–water partition coefficient (Wildman–Crippen LogP) is 1.40. The smallest absolute Gasteiger partial charge is 0.220 e. The number of carbonyl (C=O) groups is 1. The maximum atomic E-state index is 12.0. The molecule has 0 bridgehead atoms. The first-order valence-corrected chi connectivity index (χ1v) is 7.68. The van der Waals surface area contributed by atoms with Gasteiger partial charge >= 0.3 is 0 Å². The van der Waals surface area contributed by atoms with Crippen molar-refractivity contribution in [2.45, 2.75) is 38.3 Å². The van der Waals surface area contributed by atoms with E-state index in [-0.39, 0.29) is 11.9 Å². The number of aromatic nitrogens is 3. The minimum atomic E-state index is 0.0858. The molecule has 0 unspecified atom stereocenters. The lowest BCUT2D eigenvalue weighted by Crippen LogP contribution is -2.31. The molecule has 1 amide bonds. The maximum Gasteiger partial charge on any atom is 0.220 e. The molecule has 116 valence electrons. The van der Waals surface area contributed by atoms with E-state index in [0.29, 0.717) is 18.9 Å². The number of nitrogens with two attached hydrogens (primary N) is 1. The van der Waals surface area contributed by atoms with Gasteiger partial charge in [-0.25, -0.2) is 9.67 Å². The first-order valence-electron chi connectivity index (χ1n) is 7.68. The largest absolute Gasteiger partial charge is 0.352 e. The Morgan fingerprint density at radius 2 is 2.14 bits per heavy atom. The van der Waals surface area contributed by atoms with Gasteiger partial charge in [-0.1, -0.05) is 18.6 Å². The first kappa shape index (κ1) is 14.7. The molecule has 1 aromatic carbocycles. The fourth-order valence-corrected chi connectivity index (χ4v) is 2.94. The van der Waals surface area contributed by atoms with Crippen LogP contribution < -0.4 is 11.1 Å². The quantitative estimate of drug-likeness (QED) is 0.874. The lowest BCUT2D eigenvalue weighted by Gasteiger charge is -2.14. The molecule has 1 heterocycles. The number of amides is 1. The summed E-state index contributed by atoms with van der Waals surface area (Å²) < 4.78 is 1.70. The number of carbonyl (C=O) groups excluding carboxylic acids is 1. The molecule has 1 fully saturated rings. The summed E-state index contributed by atoms with van der Waals surface area (Å²) in [6, 6.07) is 8.08. The highest BCUT2D eigenvalue weighted by Gasteiger charge is 2.25. The Balaban J connectivity index is 1.50. The van der Waals surface area contributed by atoms with E-state index < -0.39 is 0 Å². The van der Waals surface area contributed by atoms with Crippen LogP contribution in [0.2, 0.25) is 0 Å². The highest BCUT2D eigenvalue weighted by molar-refractivity contribution is 5.76. The van der Waals surface area contributed by atoms with Gasteiger partial charge in [0.1, 0.15) is 12.7 Å². The van der Waals surface area contributed by atoms with Gasteiger partial charge in [-0.05, 0) is 36.5 Å². The number of nitrogens with one attached hydrogen (secondary N) is 1. The van der Waals surface area contributed by atoms with Crippen LogP contribution in [0, 0.1) is 5.92 Å². The Hall–Kier alpha value is -2.21. The molecule has 6 heteroatoms. The summed E-state index contributed by atoms with van der Waals surface area (Å²) in [6.45, 7) is 0.540. The standard InChI is InChI=1S/C16H21N5O/c17-15-3-1-2-13(15)8-16(22)19-9-12-4-6-14(7-5-12)21-11-18-10-20-21/h4-7,10-11,13,15H,1-3,8-9,17H2,(H,19,22)/t13-,15+/m0/s1. The molecule has 6 nitrogen and oxygen atoms in total. The summed E-state index contributed by atoms with van der Waals surface area (Å²) >= 11 is 0. The van der Waals surface area contributed by atoms with Gasteiger partial charge in [0.15, 0.2) is 0 Å². The third-order valence-electron chi connectivity index (χ3n) is 4.27. The van der Waals surface area contributed by atoms with Crippen molar-refractivity contribution in [2.24, 2.45) is 11.7 Å². The van der Waals surface area contributed by atoms with Crippen molar-refractivity contribution in [2.75, 3.05) is 0 Å². The van der Waals surface area contributed by atoms with E-state index in [1.165, 1.54) is 6.33 Å². The average Bonchev–Trinajstić information content (AvgIpc) is 3.18. The minimum absolute atomic E-state index is 0.0858. The molecule has 1 aromatic heterocycles. The van der Waals surface area contributed by atoms with Crippen molar-refractivity contribution in [1.82, 2.24) is 20.1 Å².